The highest BCUT2D eigenvalue weighted by molar-refractivity contribution is 5.95. The van der Waals surface area contributed by atoms with E-state index < -0.39 is 11.7 Å². The molecule has 1 saturated heterocycles. The van der Waals surface area contributed by atoms with Crippen LogP contribution in [0.2, 0.25) is 0 Å². The average molecular weight is 352 g/mol. The van der Waals surface area contributed by atoms with E-state index in [1.165, 1.54) is 18.3 Å². The van der Waals surface area contributed by atoms with E-state index in [2.05, 4.69) is 15.1 Å². The van der Waals surface area contributed by atoms with Crippen LogP contribution in [-0.2, 0) is 12.7 Å². The summed E-state index contributed by atoms with van der Waals surface area (Å²) >= 11 is 0. The second-order valence-electron chi connectivity index (χ2n) is 6.18. The Morgan fingerprint density at radius 2 is 1.96 bits per heavy atom. The molecule has 1 N–H and O–H groups in total. The summed E-state index contributed by atoms with van der Waals surface area (Å²) in [6.07, 6.45) is -2.81. The van der Waals surface area contributed by atoms with Crippen LogP contribution >= 0.6 is 0 Å². The fraction of sp³-hybridized carbons (Fsp3) is 0.412. The van der Waals surface area contributed by atoms with Crippen LogP contribution in [0.3, 0.4) is 0 Å². The van der Waals surface area contributed by atoms with Crippen molar-refractivity contribution in [2.45, 2.75) is 19.6 Å². The summed E-state index contributed by atoms with van der Waals surface area (Å²) in [5.41, 5.74) is 1.29. The maximum absolute atomic E-state index is 12.8. The number of aromatic nitrogens is 2. The van der Waals surface area contributed by atoms with Crippen molar-refractivity contribution in [3.8, 4) is 0 Å². The van der Waals surface area contributed by atoms with Crippen LogP contribution in [0.25, 0.3) is 0 Å². The molecule has 134 valence electrons. The largest absolute Gasteiger partial charge is 0.416 e. The molecule has 0 saturated carbocycles. The van der Waals surface area contributed by atoms with Crippen LogP contribution in [0.4, 0.5) is 13.2 Å². The van der Waals surface area contributed by atoms with E-state index in [4.69, 9.17) is 0 Å². The molecule has 1 aliphatic rings. The van der Waals surface area contributed by atoms with Gasteiger partial charge in [0.25, 0.3) is 5.91 Å². The first-order valence-electron chi connectivity index (χ1n) is 8.02. The standard InChI is InChI=1S/C17H19F3N4O/c1-12-15(10-21-22-12)16(25)24-7-5-23(6-8-24)11-13-3-2-4-14(9-13)17(18,19)20/h2-4,9-10H,5-8,11H2,1H3,(H,21,22). The SMILES string of the molecule is Cc1[nH]ncc1C(=O)N1CCN(Cc2cccc(C(F)(F)F)c2)CC1. The van der Waals surface area contributed by atoms with Crippen molar-refractivity contribution in [2.24, 2.45) is 0 Å². The van der Waals surface area contributed by atoms with Gasteiger partial charge in [0.15, 0.2) is 0 Å². The summed E-state index contributed by atoms with van der Waals surface area (Å²) in [7, 11) is 0. The molecule has 8 heteroatoms. The van der Waals surface area contributed by atoms with Crippen LogP contribution in [0.5, 0.6) is 0 Å². The number of hydrogen-bond donors (Lipinski definition) is 1. The number of H-pyrrole nitrogens is 1. The molecule has 0 unspecified atom stereocenters. The Bertz CT molecular complexity index is 748. The van der Waals surface area contributed by atoms with E-state index >= 15 is 0 Å². The van der Waals surface area contributed by atoms with Crippen molar-refractivity contribution in [2.75, 3.05) is 26.2 Å². The van der Waals surface area contributed by atoms with Gasteiger partial charge in [-0.2, -0.15) is 18.3 Å². The summed E-state index contributed by atoms with van der Waals surface area (Å²) in [4.78, 5) is 16.2. The van der Waals surface area contributed by atoms with Gasteiger partial charge in [0, 0.05) is 38.4 Å². The van der Waals surface area contributed by atoms with Crippen molar-refractivity contribution >= 4 is 5.91 Å². The number of rotatable bonds is 3. The molecule has 25 heavy (non-hydrogen) atoms. The van der Waals surface area contributed by atoms with Gasteiger partial charge in [-0.25, -0.2) is 0 Å². The second kappa shape index (κ2) is 6.87. The van der Waals surface area contributed by atoms with E-state index in [1.807, 2.05) is 0 Å². The lowest BCUT2D eigenvalue weighted by Crippen LogP contribution is -2.48. The highest BCUT2D eigenvalue weighted by Crippen LogP contribution is 2.29. The number of halogens is 3. The van der Waals surface area contributed by atoms with Gasteiger partial charge >= 0.3 is 6.18 Å². The lowest BCUT2D eigenvalue weighted by molar-refractivity contribution is -0.137. The number of carbonyl (C=O) groups is 1. The van der Waals surface area contributed by atoms with Gasteiger partial charge in [-0.15, -0.1) is 0 Å². The molecule has 1 aromatic heterocycles. The highest BCUT2D eigenvalue weighted by atomic mass is 19.4. The van der Waals surface area contributed by atoms with Gasteiger partial charge < -0.3 is 4.90 Å². The minimum atomic E-state index is -4.33. The molecule has 1 amide bonds. The van der Waals surface area contributed by atoms with E-state index in [9.17, 15) is 18.0 Å². The first kappa shape index (κ1) is 17.5. The number of nitrogens with one attached hydrogen (secondary N) is 1. The number of hydrogen-bond acceptors (Lipinski definition) is 3. The first-order valence-corrected chi connectivity index (χ1v) is 8.02. The van der Waals surface area contributed by atoms with Crippen molar-refractivity contribution in [1.82, 2.24) is 20.0 Å². The average Bonchev–Trinajstić information content (AvgIpc) is 3.00. The summed E-state index contributed by atoms with van der Waals surface area (Å²) in [6.45, 7) is 4.57. The van der Waals surface area contributed by atoms with Crippen LogP contribution in [0.1, 0.15) is 27.2 Å². The molecule has 0 radical (unpaired) electrons. The molecule has 0 bridgehead atoms. The van der Waals surface area contributed by atoms with Crippen molar-refractivity contribution in [1.29, 1.82) is 0 Å². The summed E-state index contributed by atoms with van der Waals surface area (Å²) in [5, 5.41) is 6.61. The lowest BCUT2D eigenvalue weighted by atomic mass is 10.1. The maximum Gasteiger partial charge on any atom is 0.416 e. The molecule has 1 aliphatic heterocycles. The number of nitrogens with zero attached hydrogens (tertiary/aromatic N) is 3. The normalized spacial score (nSPS) is 16.2. The summed E-state index contributed by atoms with van der Waals surface area (Å²) in [5.74, 6) is -0.0648. The maximum atomic E-state index is 12.8. The number of alkyl halides is 3. The number of aromatic amines is 1. The summed E-state index contributed by atoms with van der Waals surface area (Å²) < 4.78 is 38.4. The third-order valence-electron chi connectivity index (χ3n) is 4.38. The number of amides is 1. The predicted octanol–water partition coefficient (Wildman–Crippen LogP) is 2.69. The van der Waals surface area contributed by atoms with Crippen molar-refractivity contribution in [3.05, 3.63) is 52.8 Å². The molecule has 3 rings (SSSR count). The van der Waals surface area contributed by atoms with Gasteiger partial charge in [0.1, 0.15) is 0 Å². The molecule has 1 fully saturated rings. The smallest absolute Gasteiger partial charge is 0.336 e. The highest BCUT2D eigenvalue weighted by Gasteiger charge is 2.30. The lowest BCUT2D eigenvalue weighted by Gasteiger charge is -2.34. The topological polar surface area (TPSA) is 52.2 Å². The number of carbonyl (C=O) groups excluding carboxylic acids is 1. The zero-order chi connectivity index (χ0) is 18.0. The van der Waals surface area contributed by atoms with E-state index in [0.717, 1.165) is 11.8 Å². The Labute approximate surface area is 143 Å². The third kappa shape index (κ3) is 4.01. The van der Waals surface area contributed by atoms with Crippen LogP contribution in [-0.4, -0.2) is 52.1 Å². The number of aryl methyl sites for hydroxylation is 1. The van der Waals surface area contributed by atoms with Crippen molar-refractivity contribution < 1.29 is 18.0 Å². The molecule has 0 atom stereocenters. The van der Waals surface area contributed by atoms with E-state index in [1.54, 1.807) is 17.9 Å². The van der Waals surface area contributed by atoms with Gasteiger partial charge in [-0.1, -0.05) is 18.2 Å². The van der Waals surface area contributed by atoms with Crippen LogP contribution in [0, 0.1) is 6.92 Å². The van der Waals surface area contributed by atoms with Gasteiger partial charge in [0.2, 0.25) is 0 Å². The van der Waals surface area contributed by atoms with Gasteiger partial charge in [0.05, 0.1) is 17.3 Å². The molecular weight excluding hydrogens is 333 g/mol. The Morgan fingerprint density at radius 3 is 2.56 bits per heavy atom. The number of piperazine rings is 1. The Morgan fingerprint density at radius 1 is 1.24 bits per heavy atom. The zero-order valence-electron chi connectivity index (χ0n) is 13.8. The minimum Gasteiger partial charge on any atom is -0.336 e. The van der Waals surface area contributed by atoms with Gasteiger partial charge in [-0.05, 0) is 18.6 Å². The van der Waals surface area contributed by atoms with E-state index in [-0.39, 0.29) is 5.91 Å². The van der Waals surface area contributed by atoms with Crippen molar-refractivity contribution in [3.63, 3.8) is 0 Å². The molecule has 0 aliphatic carbocycles. The van der Waals surface area contributed by atoms with Crippen LogP contribution < -0.4 is 0 Å². The molecule has 2 heterocycles. The van der Waals surface area contributed by atoms with Gasteiger partial charge in [-0.3, -0.25) is 14.8 Å². The monoisotopic (exact) mass is 352 g/mol. The Kier molecular flexibility index (Phi) is 4.80. The predicted molar refractivity (Wildman–Crippen MR) is 85.9 cm³/mol. The fourth-order valence-corrected chi connectivity index (χ4v) is 2.95. The zero-order valence-corrected chi connectivity index (χ0v) is 13.8. The third-order valence-corrected chi connectivity index (χ3v) is 4.38. The molecule has 1 aromatic carbocycles. The Hall–Kier alpha value is -2.35. The van der Waals surface area contributed by atoms with E-state index in [0.29, 0.717) is 43.9 Å². The summed E-state index contributed by atoms with van der Waals surface area (Å²) in [6, 6.07) is 5.39. The first-order chi connectivity index (χ1) is 11.8. The fourth-order valence-electron chi connectivity index (χ4n) is 2.95. The molecule has 0 spiro atoms. The minimum absolute atomic E-state index is 0.0648. The quantitative estimate of drug-likeness (QED) is 0.924. The second-order valence-corrected chi connectivity index (χ2v) is 6.18. The molecule has 2 aromatic rings. The van der Waals surface area contributed by atoms with Crippen LogP contribution in [0.15, 0.2) is 30.5 Å². The molecule has 5 nitrogen and oxygen atoms in total. The Balaban J connectivity index is 1.58. The molecular formula is C17H19F3N4O. The number of benzene rings is 1.